The van der Waals surface area contributed by atoms with Crippen molar-refractivity contribution in [2.24, 2.45) is 5.92 Å². The van der Waals surface area contributed by atoms with E-state index in [4.69, 9.17) is 9.47 Å². The lowest BCUT2D eigenvalue weighted by atomic mass is 9.97. The van der Waals surface area contributed by atoms with Crippen LogP contribution in [0, 0.1) is 5.92 Å². The van der Waals surface area contributed by atoms with Crippen molar-refractivity contribution in [3.63, 3.8) is 0 Å². The average Bonchev–Trinajstić information content (AvgIpc) is 2.99. The molecule has 0 aromatic heterocycles. The Morgan fingerprint density at radius 3 is 2.64 bits per heavy atom. The van der Waals surface area contributed by atoms with Gasteiger partial charge in [-0.2, -0.15) is 0 Å². The predicted octanol–water partition coefficient (Wildman–Crippen LogP) is -0.313. The maximum absolute atomic E-state index is 12.1. The summed E-state index contributed by atoms with van der Waals surface area (Å²) in [6.07, 6.45) is 0.230. The monoisotopic (exact) mass is 315 g/mol. The van der Waals surface area contributed by atoms with Gasteiger partial charge >= 0.3 is 11.9 Å². The van der Waals surface area contributed by atoms with E-state index in [2.05, 4.69) is 4.90 Å². The van der Waals surface area contributed by atoms with Crippen LogP contribution in [0.25, 0.3) is 0 Å². The molecule has 5 atom stereocenters. The summed E-state index contributed by atoms with van der Waals surface area (Å²) in [5.41, 5.74) is -1.89. The van der Waals surface area contributed by atoms with Crippen LogP contribution in [0.1, 0.15) is 33.6 Å². The molecule has 2 fully saturated rings. The zero-order valence-corrected chi connectivity index (χ0v) is 13.3. The van der Waals surface area contributed by atoms with Crippen LogP contribution in [0.15, 0.2) is 0 Å². The largest absolute Gasteiger partial charge is 0.463 e. The highest BCUT2D eigenvalue weighted by Crippen LogP contribution is 2.33. The third kappa shape index (κ3) is 3.42. The standard InChI is InChI=1S/C15H25NO6/c1-9(22-10(2)17)15(3,20)14(19)21-8-11-4-6-16-7-5-12(18)13(11)16/h9,11-13,18,20H,4-8H2,1-3H3/t9-,11+,12+,13?,15-/m0/s1. The minimum Gasteiger partial charge on any atom is -0.463 e. The Morgan fingerprint density at radius 1 is 1.36 bits per heavy atom. The number of esters is 2. The highest BCUT2D eigenvalue weighted by atomic mass is 16.6. The smallest absolute Gasteiger partial charge is 0.341 e. The summed E-state index contributed by atoms with van der Waals surface area (Å²) in [7, 11) is 0. The molecule has 0 bridgehead atoms. The molecule has 7 heteroatoms. The number of aliphatic hydroxyl groups excluding tert-OH is 1. The van der Waals surface area contributed by atoms with Crippen LogP contribution in [0.3, 0.4) is 0 Å². The first-order valence-corrected chi connectivity index (χ1v) is 7.72. The normalized spacial score (nSPS) is 32.1. The van der Waals surface area contributed by atoms with Gasteiger partial charge in [0.1, 0.15) is 6.10 Å². The van der Waals surface area contributed by atoms with Crippen molar-refractivity contribution in [3.05, 3.63) is 0 Å². The van der Waals surface area contributed by atoms with Gasteiger partial charge in [0, 0.05) is 25.4 Å². The van der Waals surface area contributed by atoms with Crippen LogP contribution in [-0.4, -0.2) is 70.6 Å². The van der Waals surface area contributed by atoms with Crippen molar-refractivity contribution in [2.75, 3.05) is 19.7 Å². The molecule has 7 nitrogen and oxygen atoms in total. The molecule has 126 valence electrons. The van der Waals surface area contributed by atoms with E-state index >= 15 is 0 Å². The van der Waals surface area contributed by atoms with E-state index in [1.165, 1.54) is 20.8 Å². The molecule has 2 rings (SSSR count). The Bertz CT molecular complexity index is 438. The molecule has 0 aromatic rings. The van der Waals surface area contributed by atoms with Crippen molar-refractivity contribution >= 4 is 11.9 Å². The number of nitrogens with zero attached hydrogens (tertiary/aromatic N) is 1. The topological polar surface area (TPSA) is 96.3 Å². The molecular weight excluding hydrogens is 290 g/mol. The fourth-order valence-corrected chi connectivity index (χ4v) is 3.28. The molecule has 0 spiro atoms. The molecule has 2 heterocycles. The summed E-state index contributed by atoms with van der Waals surface area (Å²) >= 11 is 0. The fraction of sp³-hybridized carbons (Fsp3) is 0.867. The molecule has 0 aliphatic carbocycles. The van der Waals surface area contributed by atoms with Crippen LogP contribution < -0.4 is 0 Å². The quantitative estimate of drug-likeness (QED) is 0.672. The van der Waals surface area contributed by atoms with Gasteiger partial charge in [0.2, 0.25) is 0 Å². The number of ether oxygens (including phenoxy) is 2. The minimum absolute atomic E-state index is 0.0312. The number of fused-ring (bicyclic) bond motifs is 1. The van der Waals surface area contributed by atoms with Gasteiger partial charge in [-0.05, 0) is 33.2 Å². The minimum atomic E-state index is -1.89. The van der Waals surface area contributed by atoms with E-state index in [0.717, 1.165) is 25.9 Å². The van der Waals surface area contributed by atoms with Gasteiger partial charge in [-0.1, -0.05) is 0 Å². The van der Waals surface area contributed by atoms with Gasteiger partial charge in [0.05, 0.1) is 12.7 Å². The Balaban J connectivity index is 1.88. The number of aliphatic hydroxyl groups is 2. The predicted molar refractivity (Wildman–Crippen MR) is 76.9 cm³/mol. The van der Waals surface area contributed by atoms with Crippen molar-refractivity contribution < 1.29 is 29.3 Å². The number of hydrogen-bond donors (Lipinski definition) is 2. The summed E-state index contributed by atoms with van der Waals surface area (Å²) < 4.78 is 10.1. The Labute approximate surface area is 130 Å². The molecule has 1 unspecified atom stereocenters. The van der Waals surface area contributed by atoms with Crippen LogP contribution >= 0.6 is 0 Å². The third-order valence-corrected chi connectivity index (χ3v) is 4.77. The number of rotatable bonds is 5. The third-order valence-electron chi connectivity index (χ3n) is 4.77. The highest BCUT2D eigenvalue weighted by molar-refractivity contribution is 5.80. The SMILES string of the molecule is CC(=O)O[C@@H](C)[C@](C)(O)C(=O)OC[C@H]1CCN2CC[C@@H](O)C12. The number of carbonyl (C=O) groups excluding carboxylic acids is 2. The lowest BCUT2D eigenvalue weighted by molar-refractivity contribution is -0.183. The summed E-state index contributed by atoms with van der Waals surface area (Å²) in [5.74, 6) is -1.31. The second kappa shape index (κ2) is 6.52. The van der Waals surface area contributed by atoms with Crippen LogP contribution in [0.5, 0.6) is 0 Å². The second-order valence-corrected chi connectivity index (χ2v) is 6.43. The number of hydrogen-bond acceptors (Lipinski definition) is 7. The first-order valence-electron chi connectivity index (χ1n) is 7.72. The van der Waals surface area contributed by atoms with Crippen LogP contribution in [0.4, 0.5) is 0 Å². The van der Waals surface area contributed by atoms with Crippen LogP contribution in [-0.2, 0) is 19.1 Å². The molecule has 2 aliphatic heterocycles. The molecule has 2 N–H and O–H groups in total. The first-order chi connectivity index (χ1) is 10.2. The average molecular weight is 315 g/mol. The molecule has 0 amide bonds. The molecule has 2 aliphatic rings. The lowest BCUT2D eigenvalue weighted by Gasteiger charge is -2.29. The van der Waals surface area contributed by atoms with E-state index in [0.29, 0.717) is 0 Å². The Morgan fingerprint density at radius 2 is 2.00 bits per heavy atom. The summed E-state index contributed by atoms with van der Waals surface area (Å²) in [6, 6.07) is 0.0312. The summed E-state index contributed by atoms with van der Waals surface area (Å²) in [4.78, 5) is 25.2. The molecule has 0 saturated carbocycles. The summed E-state index contributed by atoms with van der Waals surface area (Å²) in [6.45, 7) is 5.85. The lowest BCUT2D eigenvalue weighted by Crippen LogP contribution is -2.49. The van der Waals surface area contributed by atoms with Gasteiger partial charge < -0.3 is 19.7 Å². The molecule has 2 saturated heterocycles. The zero-order valence-electron chi connectivity index (χ0n) is 13.3. The van der Waals surface area contributed by atoms with Crippen molar-refractivity contribution in [1.82, 2.24) is 4.90 Å². The van der Waals surface area contributed by atoms with E-state index in [9.17, 15) is 19.8 Å². The van der Waals surface area contributed by atoms with Crippen LogP contribution in [0.2, 0.25) is 0 Å². The Hall–Kier alpha value is -1.18. The molecule has 0 radical (unpaired) electrons. The molecule has 0 aromatic carbocycles. The Kier molecular flexibility index (Phi) is 5.09. The van der Waals surface area contributed by atoms with Gasteiger partial charge in [0.15, 0.2) is 5.60 Å². The number of carbonyl (C=O) groups is 2. The maximum Gasteiger partial charge on any atom is 0.341 e. The van der Waals surface area contributed by atoms with E-state index < -0.39 is 23.6 Å². The van der Waals surface area contributed by atoms with E-state index in [1.54, 1.807) is 0 Å². The second-order valence-electron chi connectivity index (χ2n) is 6.43. The fourth-order valence-electron chi connectivity index (χ4n) is 3.28. The first kappa shape index (κ1) is 17.2. The maximum atomic E-state index is 12.1. The van der Waals surface area contributed by atoms with Crippen molar-refractivity contribution in [1.29, 1.82) is 0 Å². The highest BCUT2D eigenvalue weighted by Gasteiger charge is 2.45. The van der Waals surface area contributed by atoms with Crippen molar-refractivity contribution in [3.8, 4) is 0 Å². The molecule has 22 heavy (non-hydrogen) atoms. The van der Waals surface area contributed by atoms with Crippen molar-refractivity contribution in [2.45, 2.75) is 57.5 Å². The zero-order chi connectivity index (χ0) is 16.5. The van der Waals surface area contributed by atoms with E-state index in [1.807, 2.05) is 0 Å². The van der Waals surface area contributed by atoms with Gasteiger partial charge in [-0.15, -0.1) is 0 Å². The van der Waals surface area contributed by atoms with Gasteiger partial charge in [-0.25, -0.2) is 4.79 Å². The van der Waals surface area contributed by atoms with Gasteiger partial charge in [-0.3, -0.25) is 9.69 Å². The van der Waals surface area contributed by atoms with E-state index in [-0.39, 0.29) is 24.7 Å². The molecular formula is C15H25NO6. The van der Waals surface area contributed by atoms with Gasteiger partial charge in [0.25, 0.3) is 0 Å². The summed E-state index contributed by atoms with van der Waals surface area (Å²) in [5, 5.41) is 20.2.